The van der Waals surface area contributed by atoms with Crippen LogP contribution in [0.4, 0.5) is 0 Å². The number of carbonyl (C=O) groups is 3. The van der Waals surface area contributed by atoms with Crippen LogP contribution in [0.25, 0.3) is 0 Å². The summed E-state index contributed by atoms with van der Waals surface area (Å²) in [6.07, 6.45) is 5.90. The zero-order valence-electron chi connectivity index (χ0n) is 18.4. The molecule has 0 aromatic heterocycles. The van der Waals surface area contributed by atoms with Crippen LogP contribution in [0.3, 0.4) is 0 Å². The van der Waals surface area contributed by atoms with Crippen molar-refractivity contribution < 1.29 is 14.4 Å². The number of rotatable bonds is 9. The number of likely N-dealkylation sites (tertiary alicyclic amines) is 1. The zero-order chi connectivity index (χ0) is 22.5. The summed E-state index contributed by atoms with van der Waals surface area (Å²) in [6.45, 7) is 3.83. The van der Waals surface area contributed by atoms with Gasteiger partial charge in [-0.3, -0.25) is 19.3 Å². The van der Waals surface area contributed by atoms with Crippen LogP contribution >= 0.6 is 0 Å². The lowest BCUT2D eigenvalue weighted by Crippen LogP contribution is -2.44. The molecular weight excluding hydrogens is 406 g/mol. The smallest absolute Gasteiger partial charge is 0.241 e. The third kappa shape index (κ3) is 4.69. The average Bonchev–Trinajstić information content (AvgIpc) is 3.48. The Morgan fingerprint density at radius 2 is 1.69 bits per heavy atom. The molecule has 170 valence electrons. The lowest BCUT2D eigenvalue weighted by molar-refractivity contribution is -0.140. The summed E-state index contributed by atoms with van der Waals surface area (Å²) in [5.41, 5.74) is 1.17. The molecule has 1 heterocycles. The van der Waals surface area contributed by atoms with Gasteiger partial charge in [0.15, 0.2) is 5.96 Å². The van der Waals surface area contributed by atoms with Crippen molar-refractivity contribution in [2.24, 2.45) is 28.7 Å². The summed E-state index contributed by atoms with van der Waals surface area (Å²) in [4.78, 5) is 43.3. The van der Waals surface area contributed by atoms with Gasteiger partial charge in [0, 0.05) is 26.2 Å². The first-order valence-electron chi connectivity index (χ1n) is 11.4. The minimum absolute atomic E-state index is 0.00484. The summed E-state index contributed by atoms with van der Waals surface area (Å²) in [5, 5.41) is 9.09. The maximum Gasteiger partial charge on any atom is 0.241 e. The van der Waals surface area contributed by atoms with Gasteiger partial charge in [0.1, 0.15) is 6.54 Å². The number of hydrogen-bond donors (Lipinski definition) is 3. The van der Waals surface area contributed by atoms with Gasteiger partial charge in [-0.05, 0) is 37.2 Å². The predicted octanol–water partition coefficient (Wildman–Crippen LogP) is 0.708. The first-order valence-corrected chi connectivity index (χ1v) is 11.4. The van der Waals surface area contributed by atoms with Gasteiger partial charge in [0.2, 0.25) is 17.7 Å². The lowest BCUT2D eigenvalue weighted by atomic mass is 9.85. The molecule has 3 aliphatic rings. The number of guanidine groups is 1. The first kappa shape index (κ1) is 22.0. The van der Waals surface area contributed by atoms with Crippen molar-refractivity contribution >= 4 is 23.7 Å². The molecule has 4 unspecified atom stereocenters. The fraction of sp³-hybridized carbons (Fsp3) is 0.500. The van der Waals surface area contributed by atoms with Gasteiger partial charge in [-0.2, -0.15) is 0 Å². The number of amides is 3. The van der Waals surface area contributed by atoms with Crippen LogP contribution in [0, 0.1) is 23.7 Å². The molecule has 1 saturated heterocycles. The third-order valence-electron chi connectivity index (χ3n) is 6.49. The Labute approximate surface area is 188 Å². The van der Waals surface area contributed by atoms with E-state index in [2.05, 4.69) is 33.1 Å². The number of fused-ring (bicyclic) bond motifs is 5. The number of hydrogen-bond acceptors (Lipinski definition) is 4. The van der Waals surface area contributed by atoms with Crippen LogP contribution in [0.2, 0.25) is 0 Å². The maximum atomic E-state index is 12.8. The van der Waals surface area contributed by atoms with E-state index in [-0.39, 0.29) is 47.9 Å². The second-order valence-electron chi connectivity index (χ2n) is 8.54. The largest absolute Gasteiger partial charge is 0.357 e. The van der Waals surface area contributed by atoms with Gasteiger partial charge in [-0.1, -0.05) is 42.5 Å². The number of imide groups is 1. The normalized spacial score (nSPS) is 25.9. The van der Waals surface area contributed by atoms with Crippen molar-refractivity contribution in [3.8, 4) is 0 Å². The third-order valence-corrected chi connectivity index (χ3v) is 6.49. The highest BCUT2D eigenvalue weighted by atomic mass is 16.2. The standard InChI is InChI=1S/C24H31N5O3/c1-2-25-24(28-15-19(30)26-11-10-16-6-4-3-5-7-16)27-12-13-29-22(31)20-17-8-9-18(14-17)21(20)23(29)32/h3-9,17-18,20-21H,2,10-15H2,1H3,(H,26,30)(H2,25,27,28). The monoisotopic (exact) mass is 437 g/mol. The van der Waals surface area contributed by atoms with Crippen LogP contribution in [-0.2, 0) is 20.8 Å². The molecular formula is C24H31N5O3. The van der Waals surface area contributed by atoms with E-state index >= 15 is 0 Å². The molecule has 8 nitrogen and oxygen atoms in total. The van der Waals surface area contributed by atoms with E-state index < -0.39 is 0 Å². The lowest BCUT2D eigenvalue weighted by Gasteiger charge is -2.18. The Bertz CT molecular complexity index is 883. The van der Waals surface area contributed by atoms with Crippen LogP contribution in [0.5, 0.6) is 0 Å². The number of aliphatic imine (C=N–C) groups is 1. The number of benzene rings is 1. The molecule has 1 saturated carbocycles. The van der Waals surface area contributed by atoms with Gasteiger partial charge < -0.3 is 16.0 Å². The van der Waals surface area contributed by atoms with Crippen LogP contribution in [0.15, 0.2) is 47.5 Å². The number of nitrogens with one attached hydrogen (secondary N) is 3. The Kier molecular flexibility index (Phi) is 6.87. The van der Waals surface area contributed by atoms with E-state index in [1.54, 1.807) is 0 Å². The minimum atomic E-state index is -0.168. The summed E-state index contributed by atoms with van der Waals surface area (Å²) in [5.74, 6) is 0.359. The molecule has 1 aromatic carbocycles. The Morgan fingerprint density at radius 3 is 2.34 bits per heavy atom. The van der Waals surface area contributed by atoms with Gasteiger partial charge in [-0.15, -0.1) is 0 Å². The second kappa shape index (κ2) is 9.97. The minimum Gasteiger partial charge on any atom is -0.357 e. The molecule has 1 aromatic rings. The number of nitrogens with zero attached hydrogens (tertiary/aromatic N) is 2. The quantitative estimate of drug-likeness (QED) is 0.229. The Morgan fingerprint density at radius 1 is 1.00 bits per heavy atom. The van der Waals surface area contributed by atoms with Crippen molar-refractivity contribution in [1.29, 1.82) is 0 Å². The molecule has 2 aliphatic carbocycles. The van der Waals surface area contributed by atoms with Crippen LogP contribution in [-0.4, -0.2) is 61.3 Å². The van der Waals surface area contributed by atoms with Crippen molar-refractivity contribution in [3.63, 3.8) is 0 Å². The van der Waals surface area contributed by atoms with Gasteiger partial charge >= 0.3 is 0 Å². The molecule has 4 rings (SSSR count). The molecule has 3 amide bonds. The van der Waals surface area contributed by atoms with E-state index in [1.807, 2.05) is 37.3 Å². The van der Waals surface area contributed by atoms with E-state index in [0.717, 1.165) is 12.8 Å². The average molecular weight is 438 g/mol. The molecule has 4 atom stereocenters. The molecule has 0 spiro atoms. The van der Waals surface area contributed by atoms with Gasteiger partial charge in [0.05, 0.1) is 11.8 Å². The topological polar surface area (TPSA) is 103 Å². The van der Waals surface area contributed by atoms with Crippen molar-refractivity contribution in [2.45, 2.75) is 19.8 Å². The van der Waals surface area contributed by atoms with E-state index in [0.29, 0.717) is 32.1 Å². The highest BCUT2D eigenvalue weighted by molar-refractivity contribution is 6.06. The van der Waals surface area contributed by atoms with E-state index in [4.69, 9.17) is 0 Å². The Hall–Kier alpha value is -3.16. The Balaban J connectivity index is 1.21. The van der Waals surface area contributed by atoms with Crippen molar-refractivity contribution in [2.75, 3.05) is 32.7 Å². The highest BCUT2D eigenvalue weighted by Gasteiger charge is 2.58. The molecule has 32 heavy (non-hydrogen) atoms. The number of allylic oxidation sites excluding steroid dienone is 2. The molecule has 8 heteroatoms. The maximum absolute atomic E-state index is 12.8. The van der Waals surface area contributed by atoms with E-state index in [9.17, 15) is 14.4 Å². The summed E-state index contributed by atoms with van der Waals surface area (Å²) < 4.78 is 0. The second-order valence-corrected chi connectivity index (χ2v) is 8.54. The summed E-state index contributed by atoms with van der Waals surface area (Å²) >= 11 is 0. The molecule has 1 aliphatic heterocycles. The van der Waals surface area contributed by atoms with E-state index in [1.165, 1.54) is 10.5 Å². The van der Waals surface area contributed by atoms with Gasteiger partial charge in [-0.25, -0.2) is 4.99 Å². The SMILES string of the molecule is CCNC(=NCC(=O)NCCc1ccccc1)NCCN1C(=O)C2C3C=CC(C3)C2C1=O. The van der Waals surface area contributed by atoms with Crippen LogP contribution in [0.1, 0.15) is 18.9 Å². The molecule has 2 bridgehead atoms. The summed E-state index contributed by atoms with van der Waals surface area (Å²) in [6, 6.07) is 9.98. The summed E-state index contributed by atoms with van der Waals surface area (Å²) in [7, 11) is 0. The van der Waals surface area contributed by atoms with Crippen LogP contribution < -0.4 is 16.0 Å². The highest BCUT2D eigenvalue weighted by Crippen LogP contribution is 2.52. The predicted molar refractivity (Wildman–Crippen MR) is 122 cm³/mol. The molecule has 0 radical (unpaired) electrons. The van der Waals surface area contributed by atoms with Crippen molar-refractivity contribution in [1.82, 2.24) is 20.9 Å². The van der Waals surface area contributed by atoms with Crippen molar-refractivity contribution in [3.05, 3.63) is 48.0 Å². The first-order chi connectivity index (χ1) is 15.6. The number of carbonyl (C=O) groups excluding carboxylic acids is 3. The van der Waals surface area contributed by atoms with Gasteiger partial charge in [0.25, 0.3) is 0 Å². The fourth-order valence-corrected chi connectivity index (χ4v) is 5.01. The molecule has 2 fully saturated rings. The fourth-order valence-electron chi connectivity index (χ4n) is 5.01. The molecule has 3 N–H and O–H groups in total. The zero-order valence-corrected chi connectivity index (χ0v) is 18.4.